The molecule has 3 rings (SSSR count). The van der Waals surface area contributed by atoms with Crippen molar-refractivity contribution in [3.05, 3.63) is 34.8 Å². The number of nitrogens with zero attached hydrogens (tertiary/aromatic N) is 4. The van der Waals surface area contributed by atoms with Gasteiger partial charge < -0.3 is 13.9 Å². The van der Waals surface area contributed by atoms with E-state index >= 15 is 0 Å². The average molecular weight is 316 g/mol. The van der Waals surface area contributed by atoms with Gasteiger partial charge in [-0.15, -0.1) is 10.2 Å². The molecule has 0 N–H and O–H groups in total. The molecule has 1 amide bonds. The maximum atomic E-state index is 12.8. The number of carbonyl (C=O) groups excluding carboxylic acids is 1. The van der Waals surface area contributed by atoms with Crippen LogP contribution in [0, 0.1) is 13.8 Å². The van der Waals surface area contributed by atoms with Crippen LogP contribution in [0.4, 0.5) is 0 Å². The highest BCUT2D eigenvalue weighted by Gasteiger charge is 2.29. The lowest BCUT2D eigenvalue weighted by atomic mass is 9.99. The van der Waals surface area contributed by atoms with E-state index in [-0.39, 0.29) is 11.8 Å². The molecule has 1 atom stereocenters. The predicted octanol–water partition coefficient (Wildman–Crippen LogP) is 2.76. The van der Waals surface area contributed by atoms with E-state index in [1.54, 1.807) is 0 Å². The molecular weight excluding hydrogens is 292 g/mol. The van der Waals surface area contributed by atoms with Crippen molar-refractivity contribution in [3.63, 3.8) is 0 Å². The van der Waals surface area contributed by atoms with Gasteiger partial charge in [0.2, 0.25) is 5.91 Å². The molecule has 1 aliphatic heterocycles. The Morgan fingerprint density at radius 1 is 1.22 bits per heavy atom. The van der Waals surface area contributed by atoms with Gasteiger partial charge in [-0.05, 0) is 26.8 Å². The van der Waals surface area contributed by atoms with Crippen molar-refractivity contribution in [1.29, 1.82) is 0 Å². The minimum absolute atomic E-state index is 0.120. The molecule has 0 saturated heterocycles. The molecule has 0 spiro atoms. The Balaban J connectivity index is 1.78. The number of aromatic nitrogens is 3. The Labute approximate surface area is 136 Å². The fraction of sp³-hybridized carbons (Fsp3) is 0.588. The summed E-state index contributed by atoms with van der Waals surface area (Å²) in [5, 5.41) is 8.54. The summed E-state index contributed by atoms with van der Waals surface area (Å²) in [6.07, 6.45) is 0. The highest BCUT2D eigenvalue weighted by Crippen LogP contribution is 2.27. The number of aryl methyl sites for hydroxylation is 2. The van der Waals surface area contributed by atoms with E-state index in [2.05, 4.69) is 28.6 Å². The Hall–Kier alpha value is -2.11. The third kappa shape index (κ3) is 2.78. The SMILES string of the molecule is Cc1cc([C@H](C)C(=O)N2CCn3c(nnc3C(C)C)C2)c(C)o1. The molecule has 6 nitrogen and oxygen atoms in total. The Morgan fingerprint density at radius 2 is 1.96 bits per heavy atom. The molecule has 0 fully saturated rings. The maximum absolute atomic E-state index is 12.8. The maximum Gasteiger partial charge on any atom is 0.230 e. The van der Waals surface area contributed by atoms with E-state index in [0.29, 0.717) is 19.0 Å². The first-order valence-electron chi connectivity index (χ1n) is 8.16. The monoisotopic (exact) mass is 316 g/mol. The molecule has 1 aliphatic rings. The van der Waals surface area contributed by atoms with E-state index in [1.807, 2.05) is 31.7 Å². The molecule has 0 aromatic carbocycles. The van der Waals surface area contributed by atoms with E-state index in [0.717, 1.165) is 35.3 Å². The number of amides is 1. The summed E-state index contributed by atoms with van der Waals surface area (Å²) in [5.41, 5.74) is 0.974. The number of hydrogen-bond acceptors (Lipinski definition) is 4. The Bertz CT molecular complexity index is 729. The summed E-state index contributed by atoms with van der Waals surface area (Å²) in [6, 6.07) is 1.96. The topological polar surface area (TPSA) is 64.2 Å². The third-order valence-electron chi connectivity index (χ3n) is 4.53. The zero-order chi connectivity index (χ0) is 16.7. The molecule has 0 radical (unpaired) electrons. The van der Waals surface area contributed by atoms with Crippen LogP contribution in [0.2, 0.25) is 0 Å². The first kappa shape index (κ1) is 15.8. The summed E-state index contributed by atoms with van der Waals surface area (Å²) in [7, 11) is 0. The Morgan fingerprint density at radius 3 is 2.57 bits per heavy atom. The fourth-order valence-electron chi connectivity index (χ4n) is 3.28. The molecule has 0 bridgehead atoms. The van der Waals surface area contributed by atoms with E-state index in [9.17, 15) is 4.79 Å². The van der Waals surface area contributed by atoms with Gasteiger partial charge >= 0.3 is 0 Å². The van der Waals surface area contributed by atoms with Crippen molar-refractivity contribution in [2.24, 2.45) is 0 Å². The molecule has 2 aromatic heterocycles. The van der Waals surface area contributed by atoms with Gasteiger partial charge in [0.1, 0.15) is 17.3 Å². The van der Waals surface area contributed by atoms with Crippen LogP contribution < -0.4 is 0 Å². The summed E-state index contributed by atoms with van der Waals surface area (Å²) in [4.78, 5) is 14.7. The van der Waals surface area contributed by atoms with Crippen molar-refractivity contribution in [3.8, 4) is 0 Å². The van der Waals surface area contributed by atoms with Gasteiger partial charge in [0.25, 0.3) is 0 Å². The van der Waals surface area contributed by atoms with Crippen LogP contribution in [-0.4, -0.2) is 32.1 Å². The quantitative estimate of drug-likeness (QED) is 0.873. The standard InChI is InChI=1S/C17H24N4O2/c1-10(2)16-19-18-15-9-20(6-7-21(15)16)17(22)12(4)14-8-11(3)23-13(14)5/h8,10,12H,6-7,9H2,1-5H3/t12-/m0/s1. The summed E-state index contributed by atoms with van der Waals surface area (Å²) >= 11 is 0. The second kappa shape index (κ2) is 5.83. The van der Waals surface area contributed by atoms with Gasteiger partial charge in [-0.1, -0.05) is 13.8 Å². The van der Waals surface area contributed by atoms with Gasteiger partial charge in [0.05, 0.1) is 12.5 Å². The molecule has 3 heterocycles. The number of rotatable bonds is 3. The summed E-state index contributed by atoms with van der Waals surface area (Å²) in [6.45, 7) is 12.0. The zero-order valence-electron chi connectivity index (χ0n) is 14.5. The van der Waals surface area contributed by atoms with Crippen LogP contribution in [0.1, 0.15) is 61.3 Å². The van der Waals surface area contributed by atoms with Gasteiger partial charge in [-0.3, -0.25) is 4.79 Å². The highest BCUT2D eigenvalue weighted by molar-refractivity contribution is 5.83. The van der Waals surface area contributed by atoms with Crippen LogP contribution >= 0.6 is 0 Å². The predicted molar refractivity (Wildman–Crippen MR) is 86.1 cm³/mol. The molecule has 6 heteroatoms. The van der Waals surface area contributed by atoms with Crippen LogP contribution in [0.3, 0.4) is 0 Å². The normalized spacial score (nSPS) is 15.8. The van der Waals surface area contributed by atoms with Crippen LogP contribution in [0.5, 0.6) is 0 Å². The van der Waals surface area contributed by atoms with Gasteiger partial charge in [-0.2, -0.15) is 0 Å². The molecule has 0 saturated carbocycles. The second-order valence-corrected chi connectivity index (χ2v) is 6.63. The lowest BCUT2D eigenvalue weighted by Gasteiger charge is -2.30. The summed E-state index contributed by atoms with van der Waals surface area (Å²) in [5.74, 6) is 3.81. The molecule has 23 heavy (non-hydrogen) atoms. The minimum Gasteiger partial charge on any atom is -0.466 e. The first-order chi connectivity index (χ1) is 10.9. The van der Waals surface area contributed by atoms with E-state index in [4.69, 9.17) is 4.42 Å². The second-order valence-electron chi connectivity index (χ2n) is 6.63. The molecule has 2 aromatic rings. The van der Waals surface area contributed by atoms with Crippen LogP contribution in [0.15, 0.2) is 10.5 Å². The number of hydrogen-bond donors (Lipinski definition) is 0. The largest absolute Gasteiger partial charge is 0.466 e. The number of carbonyl (C=O) groups is 1. The first-order valence-corrected chi connectivity index (χ1v) is 8.16. The smallest absolute Gasteiger partial charge is 0.230 e. The van der Waals surface area contributed by atoms with Gasteiger partial charge in [0, 0.05) is 24.6 Å². The van der Waals surface area contributed by atoms with E-state index < -0.39 is 0 Å². The van der Waals surface area contributed by atoms with Crippen molar-refractivity contribution in [2.45, 2.75) is 59.5 Å². The fourth-order valence-corrected chi connectivity index (χ4v) is 3.28. The van der Waals surface area contributed by atoms with E-state index in [1.165, 1.54) is 0 Å². The van der Waals surface area contributed by atoms with Crippen LogP contribution in [-0.2, 0) is 17.9 Å². The molecular formula is C17H24N4O2. The molecule has 124 valence electrons. The highest BCUT2D eigenvalue weighted by atomic mass is 16.3. The average Bonchev–Trinajstić information content (AvgIpc) is 3.07. The van der Waals surface area contributed by atoms with Crippen LogP contribution in [0.25, 0.3) is 0 Å². The number of furan rings is 1. The van der Waals surface area contributed by atoms with Crippen molar-refractivity contribution >= 4 is 5.91 Å². The zero-order valence-corrected chi connectivity index (χ0v) is 14.5. The van der Waals surface area contributed by atoms with Crippen molar-refractivity contribution in [2.75, 3.05) is 6.54 Å². The van der Waals surface area contributed by atoms with Gasteiger partial charge in [0.15, 0.2) is 5.82 Å². The summed E-state index contributed by atoms with van der Waals surface area (Å²) < 4.78 is 7.71. The Kier molecular flexibility index (Phi) is 4.00. The number of fused-ring (bicyclic) bond motifs is 1. The van der Waals surface area contributed by atoms with Crippen molar-refractivity contribution in [1.82, 2.24) is 19.7 Å². The third-order valence-corrected chi connectivity index (χ3v) is 4.53. The lowest BCUT2D eigenvalue weighted by molar-refractivity contribution is -0.134. The lowest BCUT2D eigenvalue weighted by Crippen LogP contribution is -2.40. The molecule has 0 unspecified atom stereocenters. The minimum atomic E-state index is -0.202. The molecule has 0 aliphatic carbocycles. The van der Waals surface area contributed by atoms with Crippen molar-refractivity contribution < 1.29 is 9.21 Å². The van der Waals surface area contributed by atoms with Gasteiger partial charge in [-0.25, -0.2) is 0 Å².